The summed E-state index contributed by atoms with van der Waals surface area (Å²) in [5, 5.41) is 0.508. The zero-order valence-corrected chi connectivity index (χ0v) is 19.2. The summed E-state index contributed by atoms with van der Waals surface area (Å²) in [5.41, 5.74) is 3.65. The Kier molecular flexibility index (Phi) is 7.25. The smallest absolute Gasteiger partial charge is 0.308 e. The van der Waals surface area contributed by atoms with Gasteiger partial charge in [-0.05, 0) is 45.4 Å². The van der Waals surface area contributed by atoms with Crippen LogP contribution in [-0.4, -0.2) is 46.2 Å². The standard InChI is InChI=1S/C24H29N3O5/c1-15-7-6-8-19-23(15)25-14-26(24(19)30)10-9-22(29)32-13-21(28)20-11-16(2)27(18(20)4)17(3)12-31-5/h6-8,11,14,17H,9-10,12-13H2,1-5H3. The van der Waals surface area contributed by atoms with Crippen molar-refractivity contribution in [1.29, 1.82) is 0 Å². The highest BCUT2D eigenvalue weighted by atomic mass is 16.5. The van der Waals surface area contributed by atoms with Crippen molar-refractivity contribution in [3.63, 3.8) is 0 Å². The number of aromatic nitrogens is 3. The van der Waals surface area contributed by atoms with Crippen LogP contribution in [0.1, 0.15) is 46.7 Å². The quantitative estimate of drug-likeness (QED) is 0.376. The zero-order valence-electron chi connectivity index (χ0n) is 19.2. The lowest BCUT2D eigenvalue weighted by molar-refractivity contribution is -0.142. The SMILES string of the molecule is COCC(C)n1c(C)cc(C(=O)COC(=O)CCn2cnc3c(C)cccc3c2=O)c1C. The fourth-order valence-electron chi connectivity index (χ4n) is 4.06. The van der Waals surface area contributed by atoms with E-state index in [1.165, 1.54) is 10.9 Å². The number of carbonyl (C=O) groups excluding carboxylic acids is 2. The minimum atomic E-state index is -0.545. The molecule has 2 aromatic heterocycles. The molecule has 1 unspecified atom stereocenters. The Morgan fingerprint density at radius 2 is 1.94 bits per heavy atom. The van der Waals surface area contributed by atoms with Gasteiger partial charge in [-0.1, -0.05) is 12.1 Å². The van der Waals surface area contributed by atoms with Crippen molar-refractivity contribution in [1.82, 2.24) is 14.1 Å². The van der Waals surface area contributed by atoms with Crippen LogP contribution >= 0.6 is 0 Å². The number of methoxy groups -OCH3 is 1. The minimum absolute atomic E-state index is 0.0317. The number of para-hydroxylation sites is 1. The number of aryl methyl sites for hydroxylation is 3. The van der Waals surface area contributed by atoms with E-state index >= 15 is 0 Å². The summed E-state index contributed by atoms with van der Waals surface area (Å²) in [4.78, 5) is 41.8. The molecule has 3 rings (SSSR count). The van der Waals surface area contributed by atoms with Crippen molar-refractivity contribution >= 4 is 22.7 Å². The van der Waals surface area contributed by atoms with Crippen molar-refractivity contribution in [3.05, 3.63) is 63.5 Å². The Balaban J connectivity index is 1.61. The van der Waals surface area contributed by atoms with Crippen molar-refractivity contribution in [2.75, 3.05) is 20.3 Å². The monoisotopic (exact) mass is 439 g/mol. The van der Waals surface area contributed by atoms with Crippen LogP contribution in [-0.2, 0) is 20.8 Å². The highest BCUT2D eigenvalue weighted by Crippen LogP contribution is 2.21. The van der Waals surface area contributed by atoms with Crippen LogP contribution in [0.5, 0.6) is 0 Å². The number of Topliss-reactive ketones (excluding diaryl/α,β-unsaturated/α-hetero) is 1. The Hall–Kier alpha value is -3.26. The number of hydrogen-bond acceptors (Lipinski definition) is 6. The third kappa shape index (κ3) is 4.80. The van der Waals surface area contributed by atoms with E-state index in [1.807, 2.05) is 38.3 Å². The predicted molar refractivity (Wildman–Crippen MR) is 121 cm³/mol. The molecule has 0 fully saturated rings. The van der Waals surface area contributed by atoms with Gasteiger partial charge in [-0.25, -0.2) is 4.98 Å². The summed E-state index contributed by atoms with van der Waals surface area (Å²) in [5.74, 6) is -0.807. The maximum Gasteiger partial charge on any atom is 0.308 e. The second-order valence-electron chi connectivity index (χ2n) is 8.01. The van der Waals surface area contributed by atoms with Gasteiger partial charge in [0.25, 0.3) is 5.56 Å². The van der Waals surface area contributed by atoms with Gasteiger partial charge in [0.15, 0.2) is 6.61 Å². The van der Waals surface area contributed by atoms with Crippen LogP contribution < -0.4 is 5.56 Å². The lowest BCUT2D eigenvalue weighted by atomic mass is 10.1. The largest absolute Gasteiger partial charge is 0.457 e. The molecule has 0 radical (unpaired) electrons. The third-order valence-electron chi connectivity index (χ3n) is 5.61. The Bertz CT molecular complexity index is 1210. The first-order valence-electron chi connectivity index (χ1n) is 10.6. The molecule has 0 saturated heterocycles. The van der Waals surface area contributed by atoms with Crippen LogP contribution in [0.4, 0.5) is 0 Å². The molecule has 0 bridgehead atoms. The van der Waals surface area contributed by atoms with Crippen molar-refractivity contribution in [2.45, 2.75) is 46.7 Å². The number of esters is 1. The van der Waals surface area contributed by atoms with Crippen LogP contribution in [0.15, 0.2) is 35.4 Å². The Morgan fingerprint density at radius 3 is 2.66 bits per heavy atom. The molecule has 8 heteroatoms. The zero-order chi connectivity index (χ0) is 23.4. The third-order valence-corrected chi connectivity index (χ3v) is 5.61. The summed E-state index contributed by atoms with van der Waals surface area (Å²) < 4.78 is 13.8. The van der Waals surface area contributed by atoms with Crippen molar-refractivity contribution in [3.8, 4) is 0 Å². The summed E-state index contributed by atoms with van der Waals surface area (Å²) in [6.07, 6.45) is 1.40. The van der Waals surface area contributed by atoms with Gasteiger partial charge in [-0.15, -0.1) is 0 Å². The highest BCUT2D eigenvalue weighted by Gasteiger charge is 2.20. The average molecular weight is 440 g/mol. The number of ketones is 1. The molecule has 0 amide bonds. The number of ether oxygens (including phenoxy) is 2. The fraction of sp³-hybridized carbons (Fsp3) is 0.417. The van der Waals surface area contributed by atoms with Crippen molar-refractivity contribution < 1.29 is 19.1 Å². The first-order valence-corrected chi connectivity index (χ1v) is 10.6. The van der Waals surface area contributed by atoms with Gasteiger partial charge < -0.3 is 14.0 Å². The van der Waals surface area contributed by atoms with Crippen LogP contribution in [0.3, 0.4) is 0 Å². The molecule has 170 valence electrons. The van der Waals surface area contributed by atoms with Gasteiger partial charge in [-0.2, -0.15) is 0 Å². The number of benzene rings is 1. The van der Waals surface area contributed by atoms with E-state index in [9.17, 15) is 14.4 Å². The summed E-state index contributed by atoms with van der Waals surface area (Å²) in [6, 6.07) is 7.30. The topological polar surface area (TPSA) is 92.4 Å². The Labute approximate surface area is 186 Å². The molecule has 0 spiro atoms. The molecule has 0 aliphatic heterocycles. The van der Waals surface area contributed by atoms with Gasteiger partial charge in [0.05, 0.1) is 36.3 Å². The molecule has 3 aromatic rings. The molecular weight excluding hydrogens is 410 g/mol. The lowest BCUT2D eigenvalue weighted by Gasteiger charge is -2.17. The molecule has 2 heterocycles. The van der Waals surface area contributed by atoms with E-state index < -0.39 is 5.97 Å². The molecule has 32 heavy (non-hydrogen) atoms. The van der Waals surface area contributed by atoms with Gasteiger partial charge in [0.1, 0.15) is 0 Å². The normalized spacial score (nSPS) is 12.2. The first-order chi connectivity index (χ1) is 15.2. The Morgan fingerprint density at radius 1 is 1.19 bits per heavy atom. The number of carbonyl (C=O) groups is 2. The van der Waals surface area contributed by atoms with Gasteiger partial charge in [-0.3, -0.25) is 19.0 Å². The van der Waals surface area contributed by atoms with E-state index in [4.69, 9.17) is 9.47 Å². The maximum atomic E-state index is 12.6. The second-order valence-corrected chi connectivity index (χ2v) is 8.01. The van der Waals surface area contributed by atoms with Gasteiger partial charge in [0.2, 0.25) is 5.78 Å². The summed E-state index contributed by atoms with van der Waals surface area (Å²) in [7, 11) is 1.64. The van der Waals surface area contributed by atoms with Crippen molar-refractivity contribution in [2.24, 2.45) is 0 Å². The average Bonchev–Trinajstić information content (AvgIpc) is 3.06. The molecule has 1 atom stereocenters. The maximum absolute atomic E-state index is 12.6. The molecule has 0 N–H and O–H groups in total. The number of nitrogens with zero attached hydrogens (tertiary/aromatic N) is 3. The van der Waals surface area contributed by atoms with Crippen LogP contribution in [0.25, 0.3) is 10.9 Å². The molecule has 0 aliphatic carbocycles. The highest BCUT2D eigenvalue weighted by molar-refractivity contribution is 5.99. The molecule has 0 saturated carbocycles. The van der Waals surface area contributed by atoms with E-state index in [-0.39, 0.29) is 37.0 Å². The molecule has 0 aliphatic rings. The van der Waals surface area contributed by atoms with E-state index in [2.05, 4.69) is 4.98 Å². The van der Waals surface area contributed by atoms with E-state index in [0.717, 1.165) is 17.0 Å². The molecule has 1 aromatic carbocycles. The minimum Gasteiger partial charge on any atom is -0.457 e. The number of rotatable bonds is 9. The number of hydrogen-bond donors (Lipinski definition) is 0. The van der Waals surface area contributed by atoms with Crippen LogP contribution in [0.2, 0.25) is 0 Å². The number of fused-ring (bicyclic) bond motifs is 1. The predicted octanol–water partition coefficient (Wildman–Crippen LogP) is 3.15. The summed E-state index contributed by atoms with van der Waals surface area (Å²) in [6.45, 7) is 8.03. The van der Waals surface area contributed by atoms with E-state index in [0.29, 0.717) is 23.1 Å². The first kappa shape index (κ1) is 23.4. The molecular formula is C24H29N3O5. The second kappa shape index (κ2) is 9.91. The molecule has 8 nitrogen and oxygen atoms in total. The fourth-order valence-corrected chi connectivity index (χ4v) is 4.06. The summed E-state index contributed by atoms with van der Waals surface area (Å²) >= 11 is 0. The van der Waals surface area contributed by atoms with Gasteiger partial charge in [0, 0.05) is 30.6 Å². The van der Waals surface area contributed by atoms with Gasteiger partial charge >= 0.3 is 5.97 Å². The lowest BCUT2D eigenvalue weighted by Crippen LogP contribution is -2.23. The van der Waals surface area contributed by atoms with E-state index in [1.54, 1.807) is 25.3 Å². The van der Waals surface area contributed by atoms with Crippen LogP contribution in [0, 0.1) is 20.8 Å².